The molecule has 0 radical (unpaired) electrons. The van der Waals surface area contributed by atoms with Gasteiger partial charge in [-0.1, -0.05) is 30.3 Å². The van der Waals surface area contributed by atoms with Crippen LogP contribution >= 0.6 is 15.9 Å². The van der Waals surface area contributed by atoms with Crippen molar-refractivity contribution in [1.82, 2.24) is 9.97 Å². The number of H-pyrrole nitrogens is 1. The van der Waals surface area contributed by atoms with E-state index in [0.29, 0.717) is 16.6 Å². The van der Waals surface area contributed by atoms with Crippen LogP contribution in [0.3, 0.4) is 0 Å². The quantitative estimate of drug-likeness (QED) is 0.447. The average molecular weight is 443 g/mol. The van der Waals surface area contributed by atoms with Crippen molar-refractivity contribution in [2.45, 2.75) is 11.8 Å². The number of aromatic nitrogens is 2. The smallest absolute Gasteiger partial charge is 0.339 e. The van der Waals surface area contributed by atoms with Gasteiger partial charge in [0, 0.05) is 27.8 Å². The maximum Gasteiger partial charge on any atom is 0.339 e. The number of aryl methyl sites for hydroxylation is 1. The fraction of sp³-hybridized carbons (Fsp3) is 0.0500. The number of hydrogen-bond donors (Lipinski definition) is 1. The van der Waals surface area contributed by atoms with Crippen molar-refractivity contribution >= 4 is 37.0 Å². The molecule has 0 fully saturated rings. The molecule has 0 saturated carbocycles. The summed E-state index contributed by atoms with van der Waals surface area (Å²) in [7, 11) is -4.05. The fourth-order valence-corrected chi connectivity index (χ4v) is 4.39. The molecule has 136 valence electrons. The highest BCUT2D eigenvalue weighted by atomic mass is 79.9. The van der Waals surface area contributed by atoms with Gasteiger partial charge in [0.05, 0.1) is 11.2 Å². The summed E-state index contributed by atoms with van der Waals surface area (Å²) in [6.45, 7) is 1.93. The van der Waals surface area contributed by atoms with Crippen molar-refractivity contribution in [3.05, 3.63) is 77.0 Å². The number of rotatable bonds is 4. The van der Waals surface area contributed by atoms with Gasteiger partial charge in [0.2, 0.25) is 0 Å². The van der Waals surface area contributed by atoms with E-state index in [1.807, 2.05) is 19.1 Å². The first-order valence-corrected chi connectivity index (χ1v) is 10.4. The lowest BCUT2D eigenvalue weighted by Gasteiger charge is -2.13. The Kier molecular flexibility index (Phi) is 4.49. The Morgan fingerprint density at radius 3 is 2.56 bits per heavy atom. The molecule has 0 bridgehead atoms. The van der Waals surface area contributed by atoms with E-state index < -0.39 is 10.1 Å². The van der Waals surface area contributed by atoms with Crippen LogP contribution in [0.25, 0.3) is 22.2 Å². The number of halogens is 1. The van der Waals surface area contributed by atoms with Gasteiger partial charge in [0.15, 0.2) is 0 Å². The molecule has 5 nitrogen and oxygen atoms in total. The Labute approximate surface area is 165 Å². The van der Waals surface area contributed by atoms with E-state index in [4.69, 9.17) is 4.18 Å². The number of hydrogen-bond acceptors (Lipinski definition) is 4. The topological polar surface area (TPSA) is 72.1 Å². The molecule has 0 aliphatic heterocycles. The molecule has 2 aromatic carbocycles. The van der Waals surface area contributed by atoms with Gasteiger partial charge < -0.3 is 9.17 Å². The van der Waals surface area contributed by atoms with E-state index in [-0.39, 0.29) is 10.6 Å². The van der Waals surface area contributed by atoms with Crippen LogP contribution in [-0.2, 0) is 10.1 Å². The fourth-order valence-electron chi connectivity index (χ4n) is 2.81. The van der Waals surface area contributed by atoms with Gasteiger partial charge in [-0.05, 0) is 52.7 Å². The van der Waals surface area contributed by atoms with Crippen LogP contribution in [-0.4, -0.2) is 18.4 Å². The Balaban J connectivity index is 1.97. The number of para-hydroxylation sites is 1. The van der Waals surface area contributed by atoms with Crippen LogP contribution in [0.1, 0.15) is 5.56 Å². The maximum absolute atomic E-state index is 13.1. The van der Waals surface area contributed by atoms with Crippen molar-refractivity contribution in [3.8, 4) is 17.0 Å². The predicted octanol–water partition coefficient (Wildman–Crippen LogP) is 5.07. The highest BCUT2D eigenvalue weighted by Gasteiger charge is 2.23. The molecule has 7 heteroatoms. The highest BCUT2D eigenvalue weighted by Crippen LogP contribution is 2.34. The lowest BCUT2D eigenvalue weighted by atomic mass is 10.1. The molecule has 4 rings (SSSR count). The standard InChI is InChI=1S/C20H15BrN2O3S/c1-13-7-8-16-18(27(24,25)26-15-5-3-2-4-6-15)11-17(14-9-10-22-12-14)23-20(16)19(13)21/h2-12,22H,1H3. The summed E-state index contributed by atoms with van der Waals surface area (Å²) in [5, 5.41) is 0.502. The van der Waals surface area contributed by atoms with Gasteiger partial charge in [-0.3, -0.25) is 0 Å². The lowest BCUT2D eigenvalue weighted by Crippen LogP contribution is -2.11. The van der Waals surface area contributed by atoms with Gasteiger partial charge in [0.1, 0.15) is 10.6 Å². The summed E-state index contributed by atoms with van der Waals surface area (Å²) in [5.41, 5.74) is 2.88. The van der Waals surface area contributed by atoms with E-state index >= 15 is 0 Å². The first-order valence-electron chi connectivity index (χ1n) is 8.18. The zero-order valence-corrected chi connectivity index (χ0v) is 16.7. The normalized spacial score (nSPS) is 11.6. The number of nitrogens with one attached hydrogen (secondary N) is 1. The first-order chi connectivity index (χ1) is 13.0. The zero-order valence-electron chi connectivity index (χ0n) is 14.3. The van der Waals surface area contributed by atoms with E-state index in [0.717, 1.165) is 15.6 Å². The average Bonchev–Trinajstić information content (AvgIpc) is 3.19. The molecule has 0 atom stereocenters. The van der Waals surface area contributed by atoms with Gasteiger partial charge in [-0.15, -0.1) is 0 Å². The summed E-state index contributed by atoms with van der Waals surface area (Å²) < 4.78 is 32.2. The summed E-state index contributed by atoms with van der Waals surface area (Å²) in [6.07, 6.45) is 3.54. The number of pyridine rings is 1. The van der Waals surface area contributed by atoms with Crippen LogP contribution < -0.4 is 4.18 Å². The van der Waals surface area contributed by atoms with Crippen molar-refractivity contribution in [3.63, 3.8) is 0 Å². The molecular weight excluding hydrogens is 428 g/mol. The second-order valence-electron chi connectivity index (χ2n) is 6.05. The van der Waals surface area contributed by atoms with Crippen molar-refractivity contribution in [2.75, 3.05) is 0 Å². The zero-order chi connectivity index (χ0) is 19.0. The largest absolute Gasteiger partial charge is 0.379 e. The van der Waals surface area contributed by atoms with Crippen molar-refractivity contribution < 1.29 is 12.6 Å². The Morgan fingerprint density at radius 2 is 1.85 bits per heavy atom. The van der Waals surface area contributed by atoms with Crippen LogP contribution in [0.2, 0.25) is 0 Å². The van der Waals surface area contributed by atoms with E-state index in [9.17, 15) is 8.42 Å². The van der Waals surface area contributed by atoms with E-state index in [2.05, 4.69) is 25.9 Å². The molecule has 1 N–H and O–H groups in total. The van der Waals surface area contributed by atoms with Gasteiger partial charge in [-0.25, -0.2) is 4.98 Å². The summed E-state index contributed by atoms with van der Waals surface area (Å²) in [6, 6.07) is 15.4. The van der Waals surface area contributed by atoms with E-state index in [1.54, 1.807) is 54.9 Å². The monoisotopic (exact) mass is 442 g/mol. The lowest BCUT2D eigenvalue weighted by molar-refractivity contribution is 0.487. The molecule has 0 saturated heterocycles. The minimum absolute atomic E-state index is 0.0771. The summed E-state index contributed by atoms with van der Waals surface area (Å²) >= 11 is 3.54. The maximum atomic E-state index is 13.1. The minimum atomic E-state index is -4.05. The summed E-state index contributed by atoms with van der Waals surface area (Å²) in [5.74, 6) is 0.261. The van der Waals surface area contributed by atoms with Crippen LogP contribution in [0.5, 0.6) is 5.75 Å². The molecule has 0 aliphatic carbocycles. The van der Waals surface area contributed by atoms with Crippen LogP contribution in [0.4, 0.5) is 0 Å². The highest BCUT2D eigenvalue weighted by molar-refractivity contribution is 9.10. The Morgan fingerprint density at radius 1 is 1.07 bits per heavy atom. The van der Waals surface area contributed by atoms with Crippen LogP contribution in [0, 0.1) is 6.92 Å². The molecule has 2 heterocycles. The minimum Gasteiger partial charge on any atom is -0.379 e. The first kappa shape index (κ1) is 17.8. The predicted molar refractivity (Wildman–Crippen MR) is 108 cm³/mol. The number of fused-ring (bicyclic) bond motifs is 1. The second kappa shape index (κ2) is 6.83. The SMILES string of the molecule is Cc1ccc2c(S(=O)(=O)Oc3ccccc3)cc(-c3cc[nH]c3)nc2c1Br. The van der Waals surface area contributed by atoms with Crippen molar-refractivity contribution in [2.24, 2.45) is 0 Å². The van der Waals surface area contributed by atoms with Crippen molar-refractivity contribution in [1.29, 1.82) is 0 Å². The van der Waals surface area contributed by atoms with Crippen LogP contribution in [0.15, 0.2) is 76.4 Å². The third kappa shape index (κ3) is 3.36. The molecule has 4 aromatic rings. The Bertz CT molecular complexity index is 1220. The molecule has 0 amide bonds. The molecule has 0 spiro atoms. The summed E-state index contributed by atoms with van der Waals surface area (Å²) in [4.78, 5) is 7.72. The molecule has 0 aliphatic rings. The van der Waals surface area contributed by atoms with Gasteiger partial charge in [-0.2, -0.15) is 8.42 Å². The number of nitrogens with zero attached hydrogens (tertiary/aromatic N) is 1. The number of benzene rings is 2. The Hall–Kier alpha value is -2.64. The number of aromatic amines is 1. The molecule has 27 heavy (non-hydrogen) atoms. The molecule has 0 unspecified atom stereocenters. The second-order valence-corrected chi connectivity index (χ2v) is 8.36. The molecular formula is C20H15BrN2O3S. The third-order valence-electron chi connectivity index (χ3n) is 4.19. The van der Waals surface area contributed by atoms with Gasteiger partial charge >= 0.3 is 10.1 Å². The molecule has 2 aromatic heterocycles. The van der Waals surface area contributed by atoms with E-state index in [1.165, 1.54) is 0 Å². The van der Waals surface area contributed by atoms with Gasteiger partial charge in [0.25, 0.3) is 0 Å². The third-order valence-corrected chi connectivity index (χ3v) is 6.48.